The molecule has 0 atom stereocenters. The van der Waals surface area contributed by atoms with E-state index in [2.05, 4.69) is 20.9 Å². The van der Waals surface area contributed by atoms with Gasteiger partial charge in [0.15, 0.2) is 17.5 Å². The maximum Gasteiger partial charge on any atom is 0.251 e. The molecule has 1 amide bonds. The molecule has 3 N–H and O–H groups in total. The van der Waals surface area contributed by atoms with Gasteiger partial charge in [-0.25, -0.2) is 4.99 Å². The summed E-state index contributed by atoms with van der Waals surface area (Å²) in [6.07, 6.45) is 0. The van der Waals surface area contributed by atoms with Crippen LogP contribution in [0.3, 0.4) is 0 Å². The Morgan fingerprint density at radius 1 is 0.848 bits per heavy atom. The van der Waals surface area contributed by atoms with Crippen molar-refractivity contribution >= 4 is 35.8 Å². The van der Waals surface area contributed by atoms with Crippen molar-refractivity contribution in [1.82, 2.24) is 16.0 Å². The molecular formula is C23H33IN4O5. The Balaban J connectivity index is 0.00000544. The van der Waals surface area contributed by atoms with Gasteiger partial charge in [-0.05, 0) is 48.9 Å². The molecule has 182 valence electrons. The number of nitrogens with zero attached hydrogens (tertiary/aromatic N) is 1. The van der Waals surface area contributed by atoms with Gasteiger partial charge in [-0.2, -0.15) is 0 Å². The first-order chi connectivity index (χ1) is 15.6. The van der Waals surface area contributed by atoms with Crippen LogP contribution in [0.25, 0.3) is 0 Å². The second kappa shape index (κ2) is 15.0. The van der Waals surface area contributed by atoms with Crippen molar-refractivity contribution in [1.29, 1.82) is 0 Å². The first kappa shape index (κ1) is 28.1. The highest BCUT2D eigenvalue weighted by atomic mass is 127. The van der Waals surface area contributed by atoms with Crippen LogP contribution in [0.4, 0.5) is 0 Å². The van der Waals surface area contributed by atoms with Gasteiger partial charge in [0.05, 0.1) is 35.0 Å². The molecule has 2 rings (SSSR count). The average molecular weight is 572 g/mol. The van der Waals surface area contributed by atoms with Gasteiger partial charge >= 0.3 is 0 Å². The zero-order valence-electron chi connectivity index (χ0n) is 19.7. The van der Waals surface area contributed by atoms with Crippen LogP contribution in [0.15, 0.2) is 41.4 Å². The third-order valence-electron chi connectivity index (χ3n) is 4.54. The van der Waals surface area contributed by atoms with Crippen molar-refractivity contribution < 1.29 is 23.7 Å². The lowest BCUT2D eigenvalue weighted by Crippen LogP contribution is -2.41. The van der Waals surface area contributed by atoms with Gasteiger partial charge in [0, 0.05) is 25.2 Å². The Labute approximate surface area is 212 Å². The molecule has 0 heterocycles. The van der Waals surface area contributed by atoms with E-state index in [0.29, 0.717) is 60.7 Å². The first-order valence-corrected chi connectivity index (χ1v) is 10.3. The number of carbonyl (C=O) groups is 1. The van der Waals surface area contributed by atoms with Crippen molar-refractivity contribution in [3.8, 4) is 23.0 Å². The molecule has 0 bridgehead atoms. The number of amides is 1. The van der Waals surface area contributed by atoms with E-state index < -0.39 is 0 Å². The smallest absolute Gasteiger partial charge is 0.251 e. The fraction of sp³-hybridized carbons (Fsp3) is 0.391. The molecular weight excluding hydrogens is 539 g/mol. The van der Waals surface area contributed by atoms with Gasteiger partial charge in [-0.3, -0.25) is 4.79 Å². The molecule has 0 saturated carbocycles. The number of ether oxygens (including phenoxy) is 4. The van der Waals surface area contributed by atoms with Crippen molar-refractivity contribution in [2.75, 3.05) is 48.1 Å². The van der Waals surface area contributed by atoms with E-state index in [0.717, 1.165) is 5.56 Å². The molecule has 0 unspecified atom stereocenters. The minimum Gasteiger partial charge on any atom is -0.497 e. The fourth-order valence-electron chi connectivity index (χ4n) is 2.94. The summed E-state index contributed by atoms with van der Waals surface area (Å²) < 4.78 is 21.2. The quantitative estimate of drug-likeness (QED) is 0.165. The molecule has 0 radical (unpaired) electrons. The van der Waals surface area contributed by atoms with Crippen molar-refractivity contribution in [3.05, 3.63) is 47.5 Å². The molecule has 2 aromatic rings. The van der Waals surface area contributed by atoms with Gasteiger partial charge in [0.1, 0.15) is 5.75 Å². The number of hydrogen-bond acceptors (Lipinski definition) is 6. The second-order valence-electron chi connectivity index (χ2n) is 6.64. The van der Waals surface area contributed by atoms with E-state index in [9.17, 15) is 4.79 Å². The van der Waals surface area contributed by atoms with Crippen LogP contribution in [0.2, 0.25) is 0 Å². The number of methoxy groups -OCH3 is 4. The average Bonchev–Trinajstić information content (AvgIpc) is 2.84. The lowest BCUT2D eigenvalue weighted by Gasteiger charge is -2.14. The number of guanidine groups is 1. The molecule has 0 aliphatic heterocycles. The Bertz CT molecular complexity index is 881. The SMILES string of the molecule is CCNC(=NCc1cc(OC)c(OC)c(OC)c1)NCCNC(=O)c1ccc(OC)cc1.I. The Morgan fingerprint density at radius 3 is 1.97 bits per heavy atom. The predicted molar refractivity (Wildman–Crippen MR) is 140 cm³/mol. The highest BCUT2D eigenvalue weighted by Gasteiger charge is 2.13. The van der Waals surface area contributed by atoms with Crippen LogP contribution in [-0.2, 0) is 6.54 Å². The summed E-state index contributed by atoms with van der Waals surface area (Å²) in [7, 11) is 6.32. The van der Waals surface area contributed by atoms with Crippen LogP contribution >= 0.6 is 24.0 Å². The number of rotatable bonds is 11. The van der Waals surface area contributed by atoms with E-state index >= 15 is 0 Å². The standard InChI is InChI=1S/C23H32N4O5.HI/c1-6-24-23(26-12-11-25-22(28)17-7-9-18(29-2)10-8-17)27-15-16-13-19(30-3)21(32-5)20(14-16)31-4;/h7-10,13-14H,6,11-12,15H2,1-5H3,(H,25,28)(H2,24,26,27);1H. The number of hydrogen-bond donors (Lipinski definition) is 3. The van der Waals surface area contributed by atoms with Crippen LogP contribution < -0.4 is 34.9 Å². The number of benzene rings is 2. The molecule has 0 fully saturated rings. The Morgan fingerprint density at radius 2 is 1.45 bits per heavy atom. The summed E-state index contributed by atoms with van der Waals surface area (Å²) in [5.41, 5.74) is 1.48. The lowest BCUT2D eigenvalue weighted by molar-refractivity contribution is 0.0954. The summed E-state index contributed by atoms with van der Waals surface area (Å²) in [4.78, 5) is 16.8. The molecule has 0 aromatic heterocycles. The third kappa shape index (κ3) is 8.52. The monoisotopic (exact) mass is 572 g/mol. The summed E-state index contributed by atoms with van der Waals surface area (Å²) in [6, 6.07) is 10.7. The predicted octanol–water partition coefficient (Wildman–Crippen LogP) is 2.82. The number of halogens is 1. The first-order valence-electron chi connectivity index (χ1n) is 10.3. The molecule has 0 saturated heterocycles. The van der Waals surface area contributed by atoms with Gasteiger partial charge in [0.2, 0.25) is 5.75 Å². The van der Waals surface area contributed by atoms with Gasteiger partial charge in [-0.1, -0.05) is 0 Å². The Kier molecular flexibility index (Phi) is 12.8. The summed E-state index contributed by atoms with van der Waals surface area (Å²) >= 11 is 0. The minimum atomic E-state index is -0.145. The van der Waals surface area contributed by atoms with Gasteiger partial charge in [0.25, 0.3) is 5.91 Å². The zero-order chi connectivity index (χ0) is 23.3. The molecule has 0 spiro atoms. The number of carbonyl (C=O) groups excluding carboxylic acids is 1. The van der Waals surface area contributed by atoms with E-state index in [1.54, 1.807) is 52.7 Å². The molecule has 33 heavy (non-hydrogen) atoms. The molecule has 9 nitrogen and oxygen atoms in total. The van der Waals surface area contributed by atoms with E-state index in [4.69, 9.17) is 18.9 Å². The van der Waals surface area contributed by atoms with E-state index in [1.165, 1.54) is 0 Å². The highest BCUT2D eigenvalue weighted by molar-refractivity contribution is 14.0. The van der Waals surface area contributed by atoms with Crippen LogP contribution in [0.1, 0.15) is 22.8 Å². The third-order valence-corrected chi connectivity index (χ3v) is 4.54. The van der Waals surface area contributed by atoms with Crippen molar-refractivity contribution in [3.63, 3.8) is 0 Å². The van der Waals surface area contributed by atoms with Crippen molar-refractivity contribution in [2.24, 2.45) is 4.99 Å². The number of nitrogens with one attached hydrogen (secondary N) is 3. The fourth-order valence-corrected chi connectivity index (χ4v) is 2.94. The maximum atomic E-state index is 12.2. The van der Waals surface area contributed by atoms with Crippen LogP contribution in [0, 0.1) is 0 Å². The number of aliphatic imine (C=N–C) groups is 1. The van der Waals surface area contributed by atoms with Crippen LogP contribution in [0.5, 0.6) is 23.0 Å². The second-order valence-corrected chi connectivity index (χ2v) is 6.64. The highest BCUT2D eigenvalue weighted by Crippen LogP contribution is 2.38. The van der Waals surface area contributed by atoms with E-state index in [-0.39, 0.29) is 29.9 Å². The summed E-state index contributed by atoms with van der Waals surface area (Å²) in [5.74, 6) is 2.91. The summed E-state index contributed by atoms with van der Waals surface area (Å²) in [6.45, 7) is 4.06. The van der Waals surface area contributed by atoms with Crippen molar-refractivity contribution in [2.45, 2.75) is 13.5 Å². The molecule has 0 aliphatic carbocycles. The normalized spacial score (nSPS) is 10.5. The summed E-state index contributed by atoms with van der Waals surface area (Å²) in [5, 5.41) is 9.28. The molecule has 0 aliphatic rings. The maximum absolute atomic E-state index is 12.2. The van der Waals surface area contributed by atoms with Crippen LogP contribution in [-0.4, -0.2) is 59.9 Å². The van der Waals surface area contributed by atoms with Gasteiger partial charge in [-0.15, -0.1) is 24.0 Å². The molecule has 2 aromatic carbocycles. The lowest BCUT2D eigenvalue weighted by atomic mass is 10.2. The Hall–Kier alpha value is -2.89. The van der Waals surface area contributed by atoms with E-state index in [1.807, 2.05) is 19.1 Å². The molecule has 10 heteroatoms. The van der Waals surface area contributed by atoms with Gasteiger partial charge < -0.3 is 34.9 Å². The topological polar surface area (TPSA) is 102 Å². The minimum absolute atomic E-state index is 0. The zero-order valence-corrected chi connectivity index (χ0v) is 22.0. The largest absolute Gasteiger partial charge is 0.497 e.